The molecule has 0 radical (unpaired) electrons. The third-order valence-electron chi connectivity index (χ3n) is 4.96. The van der Waals surface area contributed by atoms with Crippen LogP contribution < -0.4 is 10.1 Å². The van der Waals surface area contributed by atoms with Crippen LogP contribution in [0, 0.1) is 11.6 Å². The summed E-state index contributed by atoms with van der Waals surface area (Å²) in [6.07, 6.45) is 2.71. The lowest BCUT2D eigenvalue weighted by Crippen LogP contribution is -2.47. The van der Waals surface area contributed by atoms with E-state index in [9.17, 15) is 13.6 Å². The molecule has 0 saturated heterocycles. The molecular weight excluding hydrogens is 418 g/mol. The zero-order valence-corrected chi connectivity index (χ0v) is 17.7. The summed E-state index contributed by atoms with van der Waals surface area (Å²) in [7, 11) is 0. The Labute approximate surface area is 185 Å². The van der Waals surface area contributed by atoms with E-state index in [0.717, 1.165) is 6.07 Å². The Balaban J connectivity index is 1.65. The molecule has 0 aromatic heterocycles. The van der Waals surface area contributed by atoms with E-state index in [1.54, 1.807) is 30.3 Å². The number of aliphatic hydroxyl groups is 1. The average molecular weight is 444 g/mol. The fourth-order valence-corrected chi connectivity index (χ4v) is 3.34. The lowest BCUT2D eigenvalue weighted by atomic mass is 9.96. The first-order valence-electron chi connectivity index (χ1n) is 10.4. The number of aliphatic hydroxyl groups excluding tert-OH is 1. The Morgan fingerprint density at radius 2 is 1.97 bits per heavy atom. The van der Waals surface area contributed by atoms with Gasteiger partial charge < -0.3 is 19.9 Å². The Morgan fingerprint density at radius 3 is 2.62 bits per heavy atom. The highest BCUT2D eigenvalue weighted by atomic mass is 19.1. The van der Waals surface area contributed by atoms with E-state index in [1.165, 1.54) is 12.1 Å². The van der Waals surface area contributed by atoms with Gasteiger partial charge in [-0.1, -0.05) is 6.08 Å². The number of halogens is 2. The van der Waals surface area contributed by atoms with Crippen LogP contribution in [0.15, 0.2) is 60.1 Å². The monoisotopic (exact) mass is 444 g/mol. The third-order valence-corrected chi connectivity index (χ3v) is 4.96. The van der Waals surface area contributed by atoms with Crippen LogP contribution in [0.1, 0.15) is 24.0 Å². The predicted molar refractivity (Wildman–Crippen MR) is 117 cm³/mol. The molecule has 0 aliphatic carbocycles. The molecule has 170 valence electrons. The molecule has 32 heavy (non-hydrogen) atoms. The summed E-state index contributed by atoms with van der Waals surface area (Å²) in [4.78, 5) is 17.5. The van der Waals surface area contributed by atoms with Crippen LogP contribution in [0.25, 0.3) is 0 Å². The van der Waals surface area contributed by atoms with Gasteiger partial charge in [-0.3, -0.25) is 4.79 Å². The van der Waals surface area contributed by atoms with E-state index >= 15 is 0 Å². The number of aliphatic imine (C=N–C) groups is 1. The molecule has 6 nitrogen and oxygen atoms in total. The van der Waals surface area contributed by atoms with Crippen molar-refractivity contribution in [2.45, 2.75) is 24.8 Å². The van der Waals surface area contributed by atoms with Gasteiger partial charge in [0.2, 0.25) is 5.90 Å². The number of ether oxygens (including phenoxy) is 2. The van der Waals surface area contributed by atoms with Gasteiger partial charge in [-0.25, -0.2) is 13.8 Å². The SMILES string of the molecule is C=CC[C@]1(C(=O)NCCc2cc(F)cc(F)c2)COC(c2ccc(OCCCO)cc2)=N1. The largest absolute Gasteiger partial charge is 0.494 e. The number of carbonyl (C=O) groups excluding carboxylic acids is 1. The van der Waals surface area contributed by atoms with Gasteiger partial charge in [-0.05, 0) is 48.4 Å². The Morgan fingerprint density at radius 1 is 1.25 bits per heavy atom. The van der Waals surface area contributed by atoms with Gasteiger partial charge in [0.25, 0.3) is 5.91 Å². The highest BCUT2D eigenvalue weighted by Gasteiger charge is 2.43. The van der Waals surface area contributed by atoms with E-state index in [2.05, 4.69) is 16.9 Å². The molecule has 0 unspecified atom stereocenters. The van der Waals surface area contributed by atoms with Gasteiger partial charge in [-0.15, -0.1) is 6.58 Å². The summed E-state index contributed by atoms with van der Waals surface area (Å²) in [5.74, 6) is -0.649. The first-order chi connectivity index (χ1) is 15.5. The van der Waals surface area contributed by atoms with Gasteiger partial charge >= 0.3 is 0 Å². The summed E-state index contributed by atoms with van der Waals surface area (Å²) in [5, 5.41) is 11.6. The molecule has 2 N–H and O–H groups in total. The maximum Gasteiger partial charge on any atom is 0.251 e. The fraction of sp³-hybridized carbons (Fsp3) is 0.333. The molecule has 1 heterocycles. The zero-order chi connectivity index (χ0) is 23.0. The van der Waals surface area contributed by atoms with Crippen molar-refractivity contribution in [1.82, 2.24) is 5.32 Å². The normalized spacial score (nSPS) is 17.4. The quantitative estimate of drug-likeness (QED) is 0.412. The molecule has 3 rings (SSSR count). The Bertz CT molecular complexity index is 958. The van der Waals surface area contributed by atoms with Crippen LogP contribution in [0.5, 0.6) is 5.75 Å². The van der Waals surface area contributed by atoms with E-state index in [-0.39, 0.29) is 38.5 Å². The number of hydrogen-bond acceptors (Lipinski definition) is 5. The second-order valence-electron chi connectivity index (χ2n) is 7.46. The lowest BCUT2D eigenvalue weighted by Gasteiger charge is -2.21. The highest BCUT2D eigenvalue weighted by Crippen LogP contribution is 2.27. The van der Waals surface area contributed by atoms with E-state index in [4.69, 9.17) is 14.6 Å². The minimum atomic E-state index is -1.15. The van der Waals surface area contributed by atoms with E-state index in [0.29, 0.717) is 35.8 Å². The Hall–Kier alpha value is -3.26. The van der Waals surface area contributed by atoms with Crippen LogP contribution in [-0.4, -0.2) is 48.8 Å². The van der Waals surface area contributed by atoms with E-state index < -0.39 is 17.2 Å². The molecule has 0 fully saturated rings. The summed E-state index contributed by atoms with van der Waals surface area (Å²) in [5.41, 5.74) is 0.00261. The van der Waals surface area contributed by atoms with Gasteiger partial charge in [0.15, 0.2) is 5.54 Å². The van der Waals surface area contributed by atoms with Crippen molar-refractivity contribution in [3.05, 3.63) is 77.9 Å². The van der Waals surface area contributed by atoms with Crippen molar-refractivity contribution in [3.63, 3.8) is 0 Å². The molecule has 8 heteroatoms. The fourth-order valence-electron chi connectivity index (χ4n) is 3.34. The second-order valence-corrected chi connectivity index (χ2v) is 7.46. The van der Waals surface area contributed by atoms with Crippen molar-refractivity contribution in [3.8, 4) is 5.75 Å². The number of carbonyl (C=O) groups is 1. The zero-order valence-electron chi connectivity index (χ0n) is 17.7. The van der Waals surface area contributed by atoms with Crippen LogP contribution >= 0.6 is 0 Å². The van der Waals surface area contributed by atoms with Crippen LogP contribution in [0.3, 0.4) is 0 Å². The summed E-state index contributed by atoms with van der Waals surface area (Å²) in [6, 6.07) is 10.4. The average Bonchev–Trinajstić information content (AvgIpc) is 3.19. The number of nitrogens with one attached hydrogen (secondary N) is 1. The minimum absolute atomic E-state index is 0.0591. The summed E-state index contributed by atoms with van der Waals surface area (Å²) >= 11 is 0. The number of hydrogen-bond donors (Lipinski definition) is 2. The van der Waals surface area contributed by atoms with E-state index in [1.807, 2.05) is 0 Å². The Kier molecular flexibility index (Phi) is 7.94. The number of benzene rings is 2. The first kappa shape index (κ1) is 23.4. The van der Waals surface area contributed by atoms with Crippen molar-refractivity contribution in [2.24, 2.45) is 4.99 Å². The standard InChI is InChI=1S/C24H26F2N2O4/c1-2-9-24(23(30)27-10-8-17-13-19(25)15-20(26)14-17)16-32-22(28-24)18-4-6-21(7-5-18)31-12-3-11-29/h2,4-7,13-15,29H,1,3,8-12,16H2,(H,27,30)/t24-/m1/s1. The molecular formula is C24H26F2N2O4. The van der Waals surface area contributed by atoms with Crippen LogP contribution in [0.2, 0.25) is 0 Å². The van der Waals surface area contributed by atoms with Crippen molar-refractivity contribution < 1.29 is 28.2 Å². The van der Waals surface area contributed by atoms with Crippen LogP contribution in [0.4, 0.5) is 8.78 Å². The molecule has 1 aliphatic heterocycles. The maximum atomic E-state index is 13.3. The predicted octanol–water partition coefficient (Wildman–Crippen LogP) is 3.18. The minimum Gasteiger partial charge on any atom is -0.494 e. The molecule has 1 amide bonds. The van der Waals surface area contributed by atoms with Crippen LogP contribution in [-0.2, 0) is 16.0 Å². The molecule has 1 aliphatic rings. The smallest absolute Gasteiger partial charge is 0.251 e. The number of rotatable bonds is 11. The number of amides is 1. The molecule has 1 atom stereocenters. The topological polar surface area (TPSA) is 80.2 Å². The third kappa shape index (κ3) is 5.91. The van der Waals surface area contributed by atoms with Crippen molar-refractivity contribution in [2.75, 3.05) is 26.4 Å². The lowest BCUT2D eigenvalue weighted by molar-refractivity contribution is -0.126. The van der Waals surface area contributed by atoms with Crippen molar-refractivity contribution in [1.29, 1.82) is 0 Å². The number of nitrogens with zero attached hydrogens (tertiary/aromatic N) is 1. The highest BCUT2D eigenvalue weighted by molar-refractivity contribution is 6.00. The van der Waals surface area contributed by atoms with Gasteiger partial charge in [0, 0.05) is 37.6 Å². The first-order valence-corrected chi connectivity index (χ1v) is 10.4. The molecule has 0 saturated carbocycles. The molecule has 2 aromatic rings. The van der Waals surface area contributed by atoms with Crippen molar-refractivity contribution >= 4 is 11.8 Å². The van der Waals surface area contributed by atoms with Gasteiger partial charge in [-0.2, -0.15) is 0 Å². The molecule has 2 aromatic carbocycles. The maximum absolute atomic E-state index is 13.3. The van der Waals surface area contributed by atoms with Gasteiger partial charge in [0.1, 0.15) is 24.0 Å². The van der Waals surface area contributed by atoms with Gasteiger partial charge in [0.05, 0.1) is 6.61 Å². The molecule has 0 bridgehead atoms. The summed E-state index contributed by atoms with van der Waals surface area (Å²) in [6.45, 7) is 4.46. The summed E-state index contributed by atoms with van der Waals surface area (Å²) < 4.78 is 37.9. The second kappa shape index (κ2) is 10.9. The molecule has 0 spiro atoms.